The number of H-pyrrole nitrogens is 1. The Morgan fingerprint density at radius 2 is 2.12 bits per heavy atom. The average molecular weight is 452 g/mol. The Bertz CT molecular complexity index is 1190. The van der Waals surface area contributed by atoms with Gasteiger partial charge in [-0.3, -0.25) is 9.89 Å². The van der Waals surface area contributed by atoms with Gasteiger partial charge in [0.25, 0.3) is 5.56 Å². The van der Waals surface area contributed by atoms with E-state index in [-0.39, 0.29) is 11.5 Å². The van der Waals surface area contributed by atoms with E-state index in [0.717, 1.165) is 49.0 Å². The number of benzene rings is 1. The molecule has 168 valence electrons. The number of nitrogens with one attached hydrogen (secondary N) is 1. The third kappa shape index (κ3) is 4.48. The van der Waals surface area contributed by atoms with Crippen molar-refractivity contribution in [3.63, 3.8) is 0 Å². The molecule has 2 aromatic heterocycles. The minimum atomic E-state index is -0.301. The summed E-state index contributed by atoms with van der Waals surface area (Å²) < 4.78 is 7.06. The molecule has 7 heteroatoms. The zero-order valence-corrected chi connectivity index (χ0v) is 19.6. The van der Waals surface area contributed by atoms with Crippen LogP contribution in [0, 0.1) is 12.8 Å². The van der Waals surface area contributed by atoms with Crippen molar-refractivity contribution in [2.45, 2.75) is 52.9 Å². The molecule has 1 aromatic carbocycles. The van der Waals surface area contributed by atoms with Crippen LogP contribution in [0.25, 0.3) is 5.69 Å². The van der Waals surface area contributed by atoms with Gasteiger partial charge in [-0.05, 0) is 56.2 Å². The average Bonchev–Trinajstić information content (AvgIpc) is 3.29. The quantitative estimate of drug-likeness (QED) is 0.298. The third-order valence-corrected chi connectivity index (χ3v) is 7.03. The number of hydrogen-bond acceptors (Lipinski definition) is 5. The number of esters is 1. The predicted octanol–water partition coefficient (Wildman–Crippen LogP) is 5.37. The number of hydrogen-bond donors (Lipinski definition) is 1. The Hall–Kier alpha value is -2.93. The summed E-state index contributed by atoms with van der Waals surface area (Å²) in [6, 6.07) is 9.43. The zero-order chi connectivity index (χ0) is 22.7. The number of aryl methyl sites for hydroxylation is 1. The first-order chi connectivity index (χ1) is 15.5. The van der Waals surface area contributed by atoms with Gasteiger partial charge in [-0.1, -0.05) is 38.5 Å². The minimum absolute atomic E-state index is 0.167. The van der Waals surface area contributed by atoms with Crippen LogP contribution in [0.2, 0.25) is 0 Å². The minimum Gasteiger partial charge on any atom is -0.462 e. The van der Waals surface area contributed by atoms with Crippen molar-refractivity contribution in [3.05, 3.63) is 67.9 Å². The van der Waals surface area contributed by atoms with Crippen LogP contribution in [0.4, 0.5) is 5.00 Å². The molecule has 0 bridgehead atoms. The lowest BCUT2D eigenvalue weighted by atomic mass is 9.88. The van der Waals surface area contributed by atoms with Gasteiger partial charge in [0.1, 0.15) is 5.00 Å². The standard InChI is InChI=1S/C25H29N3O3S/c1-4-5-13-31-25(30)22-19-12-11-16(2)14-21(19)32-23(22)26-15-20-17(3)27-28(24(20)29)18-9-7-6-8-10-18/h6-10,15-16,27H,4-5,11-14H2,1-3H3. The fourth-order valence-electron chi connectivity index (χ4n) is 4.01. The second-order valence-corrected chi connectivity index (χ2v) is 9.49. The Morgan fingerprint density at radius 1 is 1.34 bits per heavy atom. The van der Waals surface area contributed by atoms with Crippen LogP contribution in [-0.4, -0.2) is 28.6 Å². The zero-order valence-electron chi connectivity index (χ0n) is 18.8. The summed E-state index contributed by atoms with van der Waals surface area (Å²) in [5.41, 5.74) is 3.47. The van der Waals surface area contributed by atoms with Gasteiger partial charge in [0.05, 0.1) is 23.4 Å². The molecule has 0 fully saturated rings. The number of carbonyl (C=O) groups excluding carboxylic acids is 1. The number of fused-ring (bicyclic) bond motifs is 1. The van der Waals surface area contributed by atoms with Crippen LogP contribution in [0.5, 0.6) is 0 Å². The highest BCUT2D eigenvalue weighted by atomic mass is 32.1. The lowest BCUT2D eigenvalue weighted by Gasteiger charge is -2.18. The fraction of sp³-hybridized carbons (Fsp3) is 0.400. The van der Waals surface area contributed by atoms with Gasteiger partial charge in [-0.25, -0.2) is 14.5 Å². The summed E-state index contributed by atoms with van der Waals surface area (Å²) in [6.07, 6.45) is 6.27. The Labute approximate surface area is 191 Å². The van der Waals surface area contributed by atoms with Crippen molar-refractivity contribution in [1.82, 2.24) is 9.78 Å². The number of aromatic nitrogens is 2. The number of nitrogens with zero attached hydrogens (tertiary/aromatic N) is 2. The molecular formula is C25H29N3O3S. The van der Waals surface area contributed by atoms with Crippen LogP contribution in [0.3, 0.4) is 0 Å². The third-order valence-electron chi connectivity index (χ3n) is 5.87. The molecule has 1 unspecified atom stereocenters. The van der Waals surface area contributed by atoms with E-state index in [9.17, 15) is 9.59 Å². The molecule has 0 spiro atoms. The highest BCUT2D eigenvalue weighted by Gasteiger charge is 2.28. The van der Waals surface area contributed by atoms with Gasteiger partial charge in [-0.15, -0.1) is 11.3 Å². The lowest BCUT2D eigenvalue weighted by Crippen LogP contribution is -2.17. The van der Waals surface area contributed by atoms with Crippen LogP contribution < -0.4 is 5.56 Å². The second kappa shape index (κ2) is 9.69. The molecule has 1 atom stereocenters. The molecule has 3 aromatic rings. The number of aliphatic imine (C=N–C) groups is 1. The molecule has 1 aliphatic carbocycles. The van der Waals surface area contributed by atoms with Crippen LogP contribution in [-0.2, 0) is 17.6 Å². The first-order valence-electron chi connectivity index (χ1n) is 11.2. The number of aromatic amines is 1. The summed E-state index contributed by atoms with van der Waals surface area (Å²) in [7, 11) is 0. The van der Waals surface area contributed by atoms with E-state index in [0.29, 0.717) is 28.7 Å². The molecule has 0 saturated heterocycles. The number of para-hydroxylation sites is 1. The fourth-order valence-corrected chi connectivity index (χ4v) is 5.36. The smallest absolute Gasteiger partial charge is 0.341 e. The van der Waals surface area contributed by atoms with Gasteiger partial charge in [-0.2, -0.15) is 0 Å². The second-order valence-electron chi connectivity index (χ2n) is 8.41. The van der Waals surface area contributed by atoms with E-state index >= 15 is 0 Å². The molecular weight excluding hydrogens is 422 g/mol. The molecule has 0 aliphatic heterocycles. The number of carbonyl (C=O) groups is 1. The van der Waals surface area contributed by atoms with Gasteiger partial charge in [0.15, 0.2) is 0 Å². The van der Waals surface area contributed by atoms with Crippen molar-refractivity contribution in [2.24, 2.45) is 10.9 Å². The van der Waals surface area contributed by atoms with E-state index in [2.05, 4.69) is 23.9 Å². The van der Waals surface area contributed by atoms with E-state index in [1.807, 2.05) is 37.3 Å². The maximum atomic E-state index is 13.0. The van der Waals surface area contributed by atoms with Gasteiger partial charge in [0, 0.05) is 16.8 Å². The maximum absolute atomic E-state index is 13.0. The maximum Gasteiger partial charge on any atom is 0.341 e. The molecule has 1 N–H and O–H groups in total. The summed E-state index contributed by atoms with van der Waals surface area (Å²) in [5, 5.41) is 3.75. The largest absolute Gasteiger partial charge is 0.462 e. The van der Waals surface area contributed by atoms with Crippen LogP contribution in [0.15, 0.2) is 40.1 Å². The number of unbranched alkanes of at least 4 members (excludes halogenated alkanes) is 1. The van der Waals surface area contributed by atoms with Crippen molar-refractivity contribution in [3.8, 4) is 5.69 Å². The van der Waals surface area contributed by atoms with Crippen molar-refractivity contribution in [1.29, 1.82) is 0 Å². The van der Waals surface area contributed by atoms with Crippen molar-refractivity contribution < 1.29 is 9.53 Å². The molecule has 0 amide bonds. The first kappa shape index (κ1) is 22.3. The molecule has 2 heterocycles. The van der Waals surface area contributed by atoms with Crippen molar-refractivity contribution >= 4 is 28.5 Å². The first-order valence-corrected chi connectivity index (χ1v) is 12.0. The number of rotatable bonds is 7. The summed E-state index contributed by atoms with van der Waals surface area (Å²) in [5.74, 6) is 0.289. The van der Waals surface area contributed by atoms with E-state index in [1.165, 1.54) is 9.56 Å². The van der Waals surface area contributed by atoms with Crippen LogP contribution in [0.1, 0.15) is 65.2 Å². The van der Waals surface area contributed by atoms with Gasteiger partial charge < -0.3 is 4.74 Å². The summed E-state index contributed by atoms with van der Waals surface area (Å²) in [6.45, 7) is 6.57. The SMILES string of the molecule is CCCCOC(=O)c1c(N=Cc2c(C)[nH]n(-c3ccccc3)c2=O)sc2c1CCC(C)C2. The molecule has 0 saturated carbocycles. The number of ether oxygens (including phenoxy) is 1. The highest BCUT2D eigenvalue weighted by Crippen LogP contribution is 2.41. The number of thiophene rings is 1. The van der Waals surface area contributed by atoms with E-state index in [1.54, 1.807) is 17.6 Å². The molecule has 4 rings (SSSR count). The highest BCUT2D eigenvalue weighted by molar-refractivity contribution is 7.16. The Morgan fingerprint density at radius 3 is 2.88 bits per heavy atom. The summed E-state index contributed by atoms with van der Waals surface area (Å²) in [4.78, 5) is 31.8. The molecule has 1 aliphatic rings. The van der Waals surface area contributed by atoms with E-state index in [4.69, 9.17) is 4.74 Å². The van der Waals surface area contributed by atoms with Crippen molar-refractivity contribution in [2.75, 3.05) is 6.61 Å². The Kier molecular flexibility index (Phi) is 6.74. The van der Waals surface area contributed by atoms with E-state index < -0.39 is 0 Å². The topological polar surface area (TPSA) is 76.4 Å². The molecule has 6 nitrogen and oxygen atoms in total. The normalized spacial score (nSPS) is 15.8. The molecule has 0 radical (unpaired) electrons. The summed E-state index contributed by atoms with van der Waals surface area (Å²) >= 11 is 1.55. The molecule has 32 heavy (non-hydrogen) atoms. The van der Waals surface area contributed by atoms with Gasteiger partial charge in [0.2, 0.25) is 0 Å². The predicted molar refractivity (Wildman–Crippen MR) is 129 cm³/mol. The van der Waals surface area contributed by atoms with Gasteiger partial charge >= 0.3 is 5.97 Å². The van der Waals surface area contributed by atoms with Crippen LogP contribution >= 0.6 is 11.3 Å². The monoisotopic (exact) mass is 451 g/mol. The Balaban J connectivity index is 1.69. The lowest BCUT2D eigenvalue weighted by molar-refractivity contribution is 0.0499.